The maximum absolute atomic E-state index is 13.8. The minimum atomic E-state index is -1.06. The van der Waals surface area contributed by atoms with Gasteiger partial charge in [0.1, 0.15) is 17.7 Å². The lowest BCUT2D eigenvalue weighted by molar-refractivity contribution is -0.146. The number of likely N-dealkylation sites (N-methyl/N-ethyl adjacent to an activating group) is 2. The van der Waals surface area contributed by atoms with Gasteiger partial charge in [-0.05, 0) is 64.3 Å². The second kappa shape index (κ2) is 17.9. The number of carbonyl (C=O) groups is 6. The van der Waals surface area contributed by atoms with Gasteiger partial charge in [-0.15, -0.1) is 0 Å². The SMILES string of the molecule is CNC(C(=O)NC(C(=O)N(C)C/C=C(\C)C(=O)NC(CCC(=O)OC)C(=O)OC)C(C)(C)C)C(C)(C)c1ccc(C(=O)OC(C)(C)C)cc1. The lowest BCUT2D eigenvalue weighted by Gasteiger charge is -2.38. The molecule has 13 heteroatoms. The van der Waals surface area contributed by atoms with Gasteiger partial charge in [0.05, 0.1) is 25.8 Å². The van der Waals surface area contributed by atoms with Gasteiger partial charge in [0.15, 0.2) is 0 Å². The number of amides is 3. The fourth-order valence-electron chi connectivity index (χ4n) is 4.94. The second-order valence-corrected chi connectivity index (χ2v) is 14.6. The van der Waals surface area contributed by atoms with Crippen LogP contribution in [0.5, 0.6) is 0 Å². The Kier molecular flexibility index (Phi) is 15.7. The number of methoxy groups -OCH3 is 2. The first-order valence-corrected chi connectivity index (χ1v) is 16.2. The number of carbonyl (C=O) groups excluding carboxylic acids is 6. The Morgan fingerprint density at radius 2 is 1.43 bits per heavy atom. The molecule has 274 valence electrons. The first-order valence-electron chi connectivity index (χ1n) is 16.2. The number of ether oxygens (including phenoxy) is 3. The number of nitrogens with one attached hydrogen (secondary N) is 3. The first kappa shape index (κ1) is 42.8. The maximum atomic E-state index is 13.8. The average molecular weight is 689 g/mol. The summed E-state index contributed by atoms with van der Waals surface area (Å²) in [5, 5.41) is 8.60. The smallest absolute Gasteiger partial charge is 0.338 e. The van der Waals surface area contributed by atoms with E-state index in [9.17, 15) is 28.8 Å². The average Bonchev–Trinajstić information content (AvgIpc) is 3.01. The Balaban J connectivity index is 3.11. The molecule has 0 saturated heterocycles. The molecule has 3 unspecified atom stereocenters. The van der Waals surface area contributed by atoms with Gasteiger partial charge in [0.2, 0.25) is 17.7 Å². The summed E-state index contributed by atoms with van der Waals surface area (Å²) in [4.78, 5) is 78.0. The Labute approximate surface area is 290 Å². The highest BCUT2D eigenvalue weighted by atomic mass is 16.6. The molecular formula is C36H56N4O9. The normalized spacial score (nSPS) is 14.1. The summed E-state index contributed by atoms with van der Waals surface area (Å²) in [6.07, 6.45) is 1.43. The highest BCUT2D eigenvalue weighted by Gasteiger charge is 2.40. The lowest BCUT2D eigenvalue weighted by atomic mass is 9.76. The zero-order valence-corrected chi connectivity index (χ0v) is 31.4. The van der Waals surface area contributed by atoms with Crippen LogP contribution in [0.1, 0.15) is 91.1 Å². The molecule has 3 atom stereocenters. The second-order valence-electron chi connectivity index (χ2n) is 14.6. The molecule has 0 spiro atoms. The molecule has 0 radical (unpaired) electrons. The zero-order valence-electron chi connectivity index (χ0n) is 31.4. The molecule has 49 heavy (non-hydrogen) atoms. The molecule has 0 aliphatic carbocycles. The highest BCUT2D eigenvalue weighted by molar-refractivity contribution is 5.96. The minimum Gasteiger partial charge on any atom is -0.469 e. The Morgan fingerprint density at radius 3 is 1.90 bits per heavy atom. The quantitative estimate of drug-likeness (QED) is 0.141. The van der Waals surface area contributed by atoms with Crippen molar-refractivity contribution in [2.75, 3.05) is 34.9 Å². The predicted octanol–water partition coefficient (Wildman–Crippen LogP) is 3.05. The number of nitrogens with zero attached hydrogens (tertiary/aromatic N) is 1. The Hall–Kier alpha value is -4.26. The van der Waals surface area contributed by atoms with Crippen molar-refractivity contribution >= 4 is 35.6 Å². The van der Waals surface area contributed by atoms with Crippen LogP contribution in [-0.4, -0.2) is 99.1 Å². The molecule has 0 bridgehead atoms. The van der Waals surface area contributed by atoms with Crippen LogP contribution >= 0.6 is 0 Å². The summed E-state index contributed by atoms with van der Waals surface area (Å²) in [5.41, 5.74) is -0.644. The van der Waals surface area contributed by atoms with Crippen molar-refractivity contribution in [2.24, 2.45) is 5.41 Å². The topological polar surface area (TPSA) is 169 Å². The first-order chi connectivity index (χ1) is 22.5. The van der Waals surface area contributed by atoms with Crippen molar-refractivity contribution < 1.29 is 43.0 Å². The third-order valence-corrected chi connectivity index (χ3v) is 8.00. The van der Waals surface area contributed by atoms with E-state index in [2.05, 4.69) is 20.7 Å². The standard InChI is InChI=1S/C36H56N4O9/c1-22(29(42)38-25(33(46)48-13)18-19-26(41)47-12)20-21-40(11)31(44)28(34(2,3)4)39-30(43)27(37-10)36(8,9)24-16-14-23(15-17-24)32(45)49-35(5,6)7/h14-17,20,25,27-28,37H,18-19,21H2,1-13H3,(H,38,42)(H,39,43)/b22-20+. The number of rotatable bonds is 15. The molecule has 1 rings (SSSR count). The van der Waals surface area contributed by atoms with Gasteiger partial charge < -0.3 is 35.1 Å². The monoisotopic (exact) mass is 688 g/mol. The van der Waals surface area contributed by atoms with Crippen LogP contribution in [-0.2, 0) is 43.6 Å². The maximum Gasteiger partial charge on any atom is 0.338 e. The fourth-order valence-corrected chi connectivity index (χ4v) is 4.94. The summed E-state index contributed by atoms with van der Waals surface area (Å²) in [5.74, 6) is -3.01. The number of benzene rings is 1. The summed E-state index contributed by atoms with van der Waals surface area (Å²) in [6.45, 7) is 16.3. The molecule has 3 N–H and O–H groups in total. The molecule has 0 aliphatic heterocycles. The van der Waals surface area contributed by atoms with Gasteiger partial charge in [-0.25, -0.2) is 9.59 Å². The summed E-state index contributed by atoms with van der Waals surface area (Å²) in [6, 6.07) is 4.17. The third kappa shape index (κ3) is 12.9. The van der Waals surface area contributed by atoms with Crippen LogP contribution in [0.3, 0.4) is 0 Å². The van der Waals surface area contributed by atoms with Gasteiger partial charge in [-0.2, -0.15) is 0 Å². The van der Waals surface area contributed by atoms with E-state index in [-0.39, 0.29) is 30.9 Å². The van der Waals surface area contributed by atoms with Crippen LogP contribution in [0.15, 0.2) is 35.9 Å². The molecule has 3 amide bonds. The molecule has 1 aromatic rings. The molecule has 1 aromatic carbocycles. The van der Waals surface area contributed by atoms with Crippen LogP contribution in [0.25, 0.3) is 0 Å². The molecule has 0 heterocycles. The summed E-state index contributed by atoms with van der Waals surface area (Å²) >= 11 is 0. The largest absolute Gasteiger partial charge is 0.469 e. The van der Waals surface area contributed by atoms with E-state index in [1.54, 1.807) is 59.1 Å². The van der Waals surface area contributed by atoms with E-state index in [1.165, 1.54) is 32.1 Å². The van der Waals surface area contributed by atoms with Gasteiger partial charge >= 0.3 is 17.9 Å². The highest BCUT2D eigenvalue weighted by Crippen LogP contribution is 2.29. The Morgan fingerprint density at radius 1 is 0.857 bits per heavy atom. The van der Waals surface area contributed by atoms with Crippen molar-refractivity contribution in [1.82, 2.24) is 20.9 Å². The molecule has 0 fully saturated rings. The van der Waals surface area contributed by atoms with E-state index in [4.69, 9.17) is 9.47 Å². The third-order valence-electron chi connectivity index (χ3n) is 8.00. The van der Waals surface area contributed by atoms with Gasteiger partial charge in [0, 0.05) is 31.0 Å². The van der Waals surface area contributed by atoms with Crippen LogP contribution < -0.4 is 16.0 Å². The van der Waals surface area contributed by atoms with Crippen LogP contribution in [0.2, 0.25) is 0 Å². The Bertz CT molecular complexity index is 1370. The van der Waals surface area contributed by atoms with Gasteiger partial charge in [-0.1, -0.05) is 52.8 Å². The van der Waals surface area contributed by atoms with Crippen molar-refractivity contribution in [3.8, 4) is 0 Å². The van der Waals surface area contributed by atoms with Crippen molar-refractivity contribution in [2.45, 2.75) is 104 Å². The fraction of sp³-hybridized carbons (Fsp3) is 0.611. The number of esters is 3. The minimum absolute atomic E-state index is 0.00841. The van der Waals surface area contributed by atoms with E-state index in [1.807, 2.05) is 34.6 Å². The van der Waals surface area contributed by atoms with Crippen molar-refractivity contribution in [3.63, 3.8) is 0 Å². The summed E-state index contributed by atoms with van der Waals surface area (Å²) in [7, 11) is 5.64. The van der Waals surface area contributed by atoms with Crippen LogP contribution in [0, 0.1) is 5.41 Å². The predicted molar refractivity (Wildman–Crippen MR) is 185 cm³/mol. The lowest BCUT2D eigenvalue weighted by Crippen LogP contribution is -2.60. The van der Waals surface area contributed by atoms with E-state index in [0.717, 1.165) is 5.56 Å². The number of hydrogen-bond donors (Lipinski definition) is 3. The zero-order chi connectivity index (χ0) is 37.9. The van der Waals surface area contributed by atoms with Crippen molar-refractivity contribution in [1.29, 1.82) is 0 Å². The molecule has 0 aromatic heterocycles. The molecule has 0 saturated carbocycles. The van der Waals surface area contributed by atoms with Crippen molar-refractivity contribution in [3.05, 3.63) is 47.0 Å². The number of hydrogen-bond acceptors (Lipinski definition) is 10. The molecule has 13 nitrogen and oxygen atoms in total. The van der Waals surface area contributed by atoms with E-state index >= 15 is 0 Å². The summed E-state index contributed by atoms with van der Waals surface area (Å²) < 4.78 is 14.8. The van der Waals surface area contributed by atoms with E-state index < -0.39 is 64.3 Å². The van der Waals surface area contributed by atoms with E-state index in [0.29, 0.717) is 5.56 Å². The van der Waals surface area contributed by atoms with Crippen LogP contribution in [0.4, 0.5) is 0 Å². The van der Waals surface area contributed by atoms with Gasteiger partial charge in [-0.3, -0.25) is 19.2 Å². The van der Waals surface area contributed by atoms with Gasteiger partial charge in [0.25, 0.3) is 0 Å². The molecular weight excluding hydrogens is 632 g/mol. The molecule has 0 aliphatic rings.